The fourth-order valence-electron chi connectivity index (χ4n) is 7.66. The Labute approximate surface area is 353 Å². The maximum Gasteiger partial charge on any atom is 0.120 e. The summed E-state index contributed by atoms with van der Waals surface area (Å²) in [6.07, 6.45) is 3.98. The summed E-state index contributed by atoms with van der Waals surface area (Å²) in [6, 6.07) is 36.1. The number of fused-ring (bicyclic) bond motifs is 4. The average Bonchev–Trinajstić information content (AvgIpc) is 3.72. The molecule has 57 heavy (non-hydrogen) atoms. The molecule has 0 fully saturated rings. The number of furan rings is 1. The molecule has 0 N–H and O–H groups in total. The Kier molecular flexibility index (Phi) is 12.0. The molecule has 8 aromatic rings. The van der Waals surface area contributed by atoms with Crippen LogP contribution in [0.1, 0.15) is 88.2 Å². The first-order chi connectivity index (χ1) is 26.5. The number of imidazole rings is 1. The Balaban J connectivity index is 0.000000256. The number of para-hydroxylation sites is 1. The molecule has 295 valence electrons. The zero-order chi connectivity index (χ0) is 40.1. The van der Waals surface area contributed by atoms with Crippen molar-refractivity contribution < 1.29 is 24.5 Å². The summed E-state index contributed by atoms with van der Waals surface area (Å²) in [5, 5.41) is 3.61. The van der Waals surface area contributed by atoms with Gasteiger partial charge in [0.25, 0.3) is 0 Å². The van der Waals surface area contributed by atoms with Crippen molar-refractivity contribution >= 4 is 46.2 Å². The molecule has 0 saturated carbocycles. The van der Waals surface area contributed by atoms with Gasteiger partial charge in [0.1, 0.15) is 5.58 Å². The minimum absolute atomic E-state index is 0. The van der Waals surface area contributed by atoms with Gasteiger partial charge in [-0.25, -0.2) is 0 Å². The van der Waals surface area contributed by atoms with Crippen molar-refractivity contribution in [3.8, 4) is 28.3 Å². The second-order valence-electron chi connectivity index (χ2n) is 17.8. The third kappa shape index (κ3) is 8.34. The van der Waals surface area contributed by atoms with E-state index in [4.69, 9.17) is 14.4 Å². The maximum absolute atomic E-state index is 6.48. The molecule has 0 bridgehead atoms. The van der Waals surface area contributed by atoms with E-state index in [0.717, 1.165) is 61.3 Å². The van der Waals surface area contributed by atoms with Gasteiger partial charge >= 0.3 is 0 Å². The summed E-state index contributed by atoms with van der Waals surface area (Å²) in [7, 11) is -1.27. The molecule has 0 amide bonds. The molecule has 0 saturated heterocycles. The van der Waals surface area contributed by atoms with Gasteiger partial charge in [-0.3, -0.25) is 9.97 Å². The van der Waals surface area contributed by atoms with E-state index in [1.807, 2.05) is 42.6 Å². The van der Waals surface area contributed by atoms with E-state index in [0.29, 0.717) is 11.8 Å². The van der Waals surface area contributed by atoms with Gasteiger partial charge in [0, 0.05) is 48.5 Å². The molecule has 0 aliphatic heterocycles. The number of hydrogen-bond donors (Lipinski definition) is 0. The number of aromatic nitrogens is 4. The van der Waals surface area contributed by atoms with E-state index in [-0.39, 0.29) is 25.5 Å². The zero-order valence-corrected chi connectivity index (χ0v) is 38.8. The minimum Gasteiger partial charge on any atom is -0.501 e. The largest absolute Gasteiger partial charge is 0.501 e. The Morgan fingerprint density at radius 3 is 2.05 bits per heavy atom. The monoisotopic (exact) mass is 947 g/mol. The van der Waals surface area contributed by atoms with E-state index < -0.39 is 8.07 Å². The van der Waals surface area contributed by atoms with Gasteiger partial charge in [-0.2, -0.15) is 0 Å². The Morgan fingerprint density at radius 1 is 0.754 bits per heavy atom. The van der Waals surface area contributed by atoms with Gasteiger partial charge in [0.15, 0.2) is 0 Å². The van der Waals surface area contributed by atoms with Crippen LogP contribution < -0.4 is 5.19 Å². The van der Waals surface area contributed by atoms with Crippen molar-refractivity contribution in [2.24, 2.45) is 0 Å². The number of nitrogens with zero attached hydrogens (tertiary/aromatic N) is 4. The molecule has 7 heteroatoms. The first kappa shape index (κ1) is 41.9. The van der Waals surface area contributed by atoms with Crippen molar-refractivity contribution in [2.75, 3.05) is 0 Å². The van der Waals surface area contributed by atoms with Crippen LogP contribution in [0.2, 0.25) is 19.6 Å². The van der Waals surface area contributed by atoms with Gasteiger partial charge in [-0.15, -0.1) is 54.1 Å². The third-order valence-corrected chi connectivity index (χ3v) is 12.7. The van der Waals surface area contributed by atoms with Gasteiger partial charge in [-0.05, 0) is 59.8 Å². The molecule has 8 rings (SSSR count). The number of aryl methyl sites for hydroxylation is 2. The summed E-state index contributed by atoms with van der Waals surface area (Å²) in [5.74, 6) is 1.49. The van der Waals surface area contributed by atoms with Crippen molar-refractivity contribution in [1.82, 2.24) is 19.5 Å². The smallest absolute Gasteiger partial charge is 0.120 e. The number of rotatable bonds is 6. The topological polar surface area (TPSA) is 56.7 Å². The molecule has 4 aromatic heterocycles. The van der Waals surface area contributed by atoms with Crippen molar-refractivity contribution in [3.63, 3.8) is 0 Å². The predicted octanol–water partition coefficient (Wildman–Crippen LogP) is 13.0. The molecule has 4 aromatic carbocycles. The van der Waals surface area contributed by atoms with Crippen LogP contribution in [0.25, 0.3) is 61.3 Å². The molecule has 0 spiro atoms. The second kappa shape index (κ2) is 16.3. The van der Waals surface area contributed by atoms with Crippen LogP contribution in [0, 0.1) is 26.0 Å². The van der Waals surface area contributed by atoms with Gasteiger partial charge in [0.2, 0.25) is 0 Å². The molecule has 4 heterocycles. The van der Waals surface area contributed by atoms with Crippen LogP contribution in [-0.2, 0) is 25.5 Å². The molecule has 5 nitrogen and oxygen atoms in total. The predicted molar refractivity (Wildman–Crippen MR) is 238 cm³/mol. The first-order valence-corrected chi connectivity index (χ1v) is 23.3. The zero-order valence-electron chi connectivity index (χ0n) is 35.4. The fraction of sp³-hybridized carbons (Fsp3) is 0.300. The van der Waals surface area contributed by atoms with Gasteiger partial charge < -0.3 is 14.0 Å². The molecular weight excluding hydrogens is 893 g/mol. The summed E-state index contributed by atoms with van der Waals surface area (Å²) in [4.78, 5) is 14.7. The summed E-state index contributed by atoms with van der Waals surface area (Å²) < 4.78 is 8.83. The SMILES string of the molecule is Cc1cc(-c2[c-]cccc2)ncc1[Si](C)(C)C.Cc1cc(C(C)C)c(-n2c(-c3[c-]ccc4c3oc3ccccc34)nc3cnc(C(C)(C)C)cc32)c(C(C)C)c1.[Ir]. The van der Waals surface area contributed by atoms with Gasteiger partial charge in [0.05, 0.1) is 36.7 Å². The number of hydrogen-bond acceptors (Lipinski definition) is 4. The van der Waals surface area contributed by atoms with Crippen molar-refractivity contribution in [1.29, 1.82) is 0 Å². The molecule has 0 aliphatic carbocycles. The van der Waals surface area contributed by atoms with Crippen LogP contribution >= 0.6 is 0 Å². The van der Waals surface area contributed by atoms with Crippen LogP contribution in [0.4, 0.5) is 0 Å². The van der Waals surface area contributed by atoms with Crippen molar-refractivity contribution in [3.05, 3.63) is 137 Å². The normalized spacial score (nSPS) is 12.0. The van der Waals surface area contributed by atoms with Crippen LogP contribution in [-0.4, -0.2) is 27.6 Å². The van der Waals surface area contributed by atoms with Crippen LogP contribution in [0.5, 0.6) is 0 Å². The number of pyridine rings is 2. The van der Waals surface area contributed by atoms with Crippen molar-refractivity contribution in [2.45, 2.75) is 99.2 Å². The Morgan fingerprint density at radius 2 is 1.44 bits per heavy atom. The molecule has 1 radical (unpaired) electrons. The van der Waals surface area contributed by atoms with Crippen LogP contribution in [0.15, 0.2) is 102 Å². The summed E-state index contributed by atoms with van der Waals surface area (Å²) in [6.45, 7) is 27.1. The molecular formula is C50H54IrN4OSi-2. The molecule has 0 atom stereocenters. The summed E-state index contributed by atoms with van der Waals surface area (Å²) in [5.41, 5.74) is 13.9. The fourth-order valence-corrected chi connectivity index (χ4v) is 9.36. The third-order valence-electron chi connectivity index (χ3n) is 10.6. The van der Waals surface area contributed by atoms with E-state index in [1.165, 1.54) is 33.1 Å². The quantitative estimate of drug-likeness (QED) is 0.123. The maximum atomic E-state index is 6.48. The van der Waals surface area contributed by atoms with E-state index in [9.17, 15) is 0 Å². The average molecular weight is 947 g/mol. The van der Waals surface area contributed by atoms with E-state index in [2.05, 4.69) is 158 Å². The molecule has 0 aliphatic rings. The first-order valence-electron chi connectivity index (χ1n) is 19.8. The van der Waals surface area contributed by atoms with E-state index in [1.54, 1.807) is 0 Å². The minimum atomic E-state index is -1.27. The Hall–Kier alpha value is -4.68. The summed E-state index contributed by atoms with van der Waals surface area (Å²) >= 11 is 0. The standard InChI is InChI=1S/C35H36N3O.C15H18NSi.Ir/c1-20(2)26-16-22(5)17-27(21(3)4)32(26)38-29-18-31(35(6,7)8)36-19-28(29)37-34(38)25-14-11-13-24-23-12-9-10-15-30(23)39-33(24)25;1-12-10-14(13-8-6-5-7-9-13)16-11-15(12)17(2,3)4;/h9-13,15-21H,1-8H3;5-8,10-11H,1-4H3;/q2*-1;. The van der Waals surface area contributed by atoms with Crippen LogP contribution in [0.3, 0.4) is 0 Å². The Bertz CT molecular complexity index is 2670. The second-order valence-corrected chi connectivity index (χ2v) is 22.8. The van der Waals surface area contributed by atoms with Gasteiger partial charge in [-0.1, -0.05) is 127 Å². The number of benzene rings is 4. The van der Waals surface area contributed by atoms with E-state index >= 15 is 0 Å². The molecule has 0 unspecified atom stereocenters.